The van der Waals surface area contributed by atoms with Gasteiger partial charge in [0.15, 0.2) is 11.5 Å². The Kier molecular flexibility index (Phi) is 6.87. The number of rotatable bonds is 5. The predicted octanol–water partition coefficient (Wildman–Crippen LogP) is 1.65. The molecule has 1 rings (SSSR count). The smallest absolute Gasteiger partial charge is 0.163 e. The number of methoxy groups -OCH3 is 2. The maximum absolute atomic E-state index is 13.6. The fourth-order valence-electron chi connectivity index (χ4n) is 1.45. The Hall–Kier alpha value is -1.04. The Morgan fingerprint density at radius 1 is 1.29 bits per heavy atom. The second-order valence-corrected chi connectivity index (χ2v) is 3.35. The molecular weight excluding hydrogens is 249 g/mol. The van der Waals surface area contributed by atoms with Crippen LogP contribution in [0, 0.1) is 5.82 Å². The van der Waals surface area contributed by atoms with Crippen LogP contribution in [-0.2, 0) is 0 Å². The van der Waals surface area contributed by atoms with E-state index >= 15 is 0 Å². The van der Waals surface area contributed by atoms with Crippen molar-refractivity contribution in [3.63, 3.8) is 0 Å². The lowest BCUT2D eigenvalue weighted by Crippen LogP contribution is -2.14. The number of benzene rings is 1. The van der Waals surface area contributed by atoms with Crippen LogP contribution in [0.15, 0.2) is 12.1 Å². The summed E-state index contributed by atoms with van der Waals surface area (Å²) in [5, 5.41) is 8.76. The van der Waals surface area contributed by atoms with Gasteiger partial charge in [0.25, 0.3) is 0 Å². The minimum absolute atomic E-state index is 0. The normalized spacial score (nSPS) is 11.6. The van der Waals surface area contributed by atoms with Crippen LogP contribution in [0.3, 0.4) is 0 Å². The molecule has 4 nitrogen and oxygen atoms in total. The molecule has 0 aromatic heterocycles. The molecule has 17 heavy (non-hydrogen) atoms. The maximum Gasteiger partial charge on any atom is 0.163 e. The molecule has 0 aliphatic heterocycles. The highest BCUT2D eigenvalue weighted by Crippen LogP contribution is 2.32. The van der Waals surface area contributed by atoms with E-state index in [0.717, 1.165) is 0 Å². The molecule has 0 aliphatic carbocycles. The van der Waals surface area contributed by atoms with Gasteiger partial charge in [0, 0.05) is 24.3 Å². The monoisotopic (exact) mass is 265 g/mol. The fraction of sp³-hybridized carbons (Fsp3) is 0.455. The quantitative estimate of drug-likeness (QED) is 0.850. The van der Waals surface area contributed by atoms with Crippen molar-refractivity contribution in [2.24, 2.45) is 5.73 Å². The molecule has 0 spiro atoms. The molecule has 0 saturated carbocycles. The molecule has 0 saturated heterocycles. The van der Waals surface area contributed by atoms with Crippen LogP contribution in [0.5, 0.6) is 11.5 Å². The standard InChI is InChI=1S/C11H16FNO3.ClH/c1-15-10-5-7(9(13)3-4-14)8(12)6-11(10)16-2;/h5-6,9,14H,3-4,13H2,1-2H3;1H/t9-;/m1./s1. The molecule has 6 heteroatoms. The average molecular weight is 266 g/mol. The number of nitrogens with two attached hydrogens (primary N) is 1. The molecule has 0 amide bonds. The number of hydrogen-bond acceptors (Lipinski definition) is 4. The van der Waals surface area contributed by atoms with Gasteiger partial charge in [-0.1, -0.05) is 0 Å². The number of ether oxygens (including phenoxy) is 2. The van der Waals surface area contributed by atoms with Crippen molar-refractivity contribution in [2.75, 3.05) is 20.8 Å². The molecular formula is C11H17ClFNO3. The van der Waals surface area contributed by atoms with Gasteiger partial charge in [-0.05, 0) is 12.5 Å². The average Bonchev–Trinajstić information content (AvgIpc) is 2.28. The summed E-state index contributed by atoms with van der Waals surface area (Å²) in [4.78, 5) is 0. The Bertz CT molecular complexity index is 363. The summed E-state index contributed by atoms with van der Waals surface area (Å²) < 4.78 is 23.6. The zero-order valence-electron chi connectivity index (χ0n) is 9.77. The van der Waals surface area contributed by atoms with Crippen molar-refractivity contribution in [1.82, 2.24) is 0 Å². The van der Waals surface area contributed by atoms with Gasteiger partial charge >= 0.3 is 0 Å². The van der Waals surface area contributed by atoms with Gasteiger partial charge in [0.2, 0.25) is 0 Å². The van der Waals surface area contributed by atoms with E-state index in [1.807, 2.05) is 0 Å². The van der Waals surface area contributed by atoms with Crippen LogP contribution in [-0.4, -0.2) is 25.9 Å². The molecule has 0 heterocycles. The molecule has 0 aliphatic rings. The first-order valence-corrected chi connectivity index (χ1v) is 4.91. The van der Waals surface area contributed by atoms with Gasteiger partial charge in [-0.25, -0.2) is 4.39 Å². The topological polar surface area (TPSA) is 64.7 Å². The summed E-state index contributed by atoms with van der Waals surface area (Å²) >= 11 is 0. The van der Waals surface area contributed by atoms with E-state index in [2.05, 4.69) is 0 Å². The summed E-state index contributed by atoms with van der Waals surface area (Å²) in [5.41, 5.74) is 6.04. The maximum atomic E-state index is 13.6. The van der Waals surface area contributed by atoms with Crippen molar-refractivity contribution >= 4 is 12.4 Å². The SMILES string of the molecule is COc1cc(F)c([C@H](N)CCO)cc1OC.Cl. The van der Waals surface area contributed by atoms with Crippen LogP contribution in [0.2, 0.25) is 0 Å². The van der Waals surface area contributed by atoms with Crippen LogP contribution < -0.4 is 15.2 Å². The van der Waals surface area contributed by atoms with Crippen molar-refractivity contribution in [3.8, 4) is 11.5 Å². The van der Waals surface area contributed by atoms with E-state index in [9.17, 15) is 4.39 Å². The third-order valence-corrected chi connectivity index (χ3v) is 2.34. The minimum atomic E-state index is -0.551. The van der Waals surface area contributed by atoms with Gasteiger partial charge in [-0.2, -0.15) is 0 Å². The van der Waals surface area contributed by atoms with E-state index in [-0.39, 0.29) is 19.0 Å². The molecule has 0 radical (unpaired) electrons. The summed E-state index contributed by atoms with van der Waals surface area (Å²) in [6.45, 7) is -0.0883. The van der Waals surface area contributed by atoms with Gasteiger partial charge in [-0.15, -0.1) is 12.4 Å². The van der Waals surface area contributed by atoms with E-state index in [1.165, 1.54) is 26.4 Å². The molecule has 1 aromatic carbocycles. The molecule has 1 atom stereocenters. The van der Waals surface area contributed by atoms with E-state index in [1.54, 1.807) is 0 Å². The van der Waals surface area contributed by atoms with Gasteiger partial charge in [0.05, 0.1) is 14.2 Å². The Labute approximate surface area is 106 Å². The molecule has 3 N–H and O–H groups in total. The number of hydrogen-bond donors (Lipinski definition) is 2. The summed E-state index contributed by atoms with van der Waals surface area (Å²) in [6.07, 6.45) is 0.298. The zero-order chi connectivity index (χ0) is 12.1. The van der Waals surface area contributed by atoms with Gasteiger partial charge < -0.3 is 20.3 Å². The van der Waals surface area contributed by atoms with Crippen LogP contribution in [0.4, 0.5) is 4.39 Å². The van der Waals surface area contributed by atoms with Crippen LogP contribution >= 0.6 is 12.4 Å². The second-order valence-electron chi connectivity index (χ2n) is 3.35. The lowest BCUT2D eigenvalue weighted by molar-refractivity contribution is 0.275. The minimum Gasteiger partial charge on any atom is -0.493 e. The first-order valence-electron chi connectivity index (χ1n) is 4.91. The second kappa shape index (κ2) is 7.32. The lowest BCUT2D eigenvalue weighted by atomic mass is 10.0. The largest absolute Gasteiger partial charge is 0.493 e. The van der Waals surface area contributed by atoms with E-state index < -0.39 is 11.9 Å². The number of aliphatic hydroxyl groups is 1. The van der Waals surface area contributed by atoms with Crippen LogP contribution in [0.25, 0.3) is 0 Å². The first-order chi connectivity index (χ1) is 7.63. The van der Waals surface area contributed by atoms with Gasteiger partial charge in [0.1, 0.15) is 5.82 Å². The van der Waals surface area contributed by atoms with Crippen molar-refractivity contribution in [3.05, 3.63) is 23.5 Å². The Morgan fingerprint density at radius 3 is 2.29 bits per heavy atom. The predicted molar refractivity (Wildman–Crippen MR) is 65.4 cm³/mol. The number of aliphatic hydroxyl groups excluding tert-OH is 1. The lowest BCUT2D eigenvalue weighted by Gasteiger charge is -2.15. The summed E-state index contributed by atoms with van der Waals surface area (Å²) in [6, 6.07) is 2.17. The Morgan fingerprint density at radius 2 is 1.82 bits per heavy atom. The highest BCUT2D eigenvalue weighted by Gasteiger charge is 2.15. The molecule has 0 fully saturated rings. The summed E-state index contributed by atoms with van der Waals surface area (Å²) in [5.74, 6) is 0.283. The van der Waals surface area contributed by atoms with E-state index in [4.69, 9.17) is 20.3 Å². The zero-order valence-corrected chi connectivity index (χ0v) is 10.6. The third-order valence-electron chi connectivity index (χ3n) is 2.34. The molecule has 1 aromatic rings. The third kappa shape index (κ3) is 3.73. The van der Waals surface area contributed by atoms with Crippen molar-refractivity contribution in [2.45, 2.75) is 12.5 Å². The Balaban J connectivity index is 0.00000256. The number of halogens is 2. The molecule has 98 valence electrons. The highest BCUT2D eigenvalue weighted by atomic mass is 35.5. The molecule has 0 unspecified atom stereocenters. The van der Waals surface area contributed by atoms with Crippen molar-refractivity contribution < 1.29 is 19.0 Å². The van der Waals surface area contributed by atoms with Crippen molar-refractivity contribution in [1.29, 1.82) is 0 Å². The van der Waals surface area contributed by atoms with E-state index in [0.29, 0.717) is 23.5 Å². The molecule has 0 bridgehead atoms. The highest BCUT2D eigenvalue weighted by molar-refractivity contribution is 5.85. The fourth-order valence-corrected chi connectivity index (χ4v) is 1.45. The van der Waals surface area contributed by atoms with Crippen LogP contribution in [0.1, 0.15) is 18.0 Å². The summed E-state index contributed by atoms with van der Waals surface area (Å²) in [7, 11) is 2.90. The van der Waals surface area contributed by atoms with Gasteiger partial charge in [-0.3, -0.25) is 0 Å². The first kappa shape index (κ1) is 16.0.